The normalized spacial score (nSPS) is 13.7. The third kappa shape index (κ3) is 6.17. The molecule has 2 unspecified atom stereocenters. The van der Waals surface area contributed by atoms with Crippen LogP contribution in [-0.2, 0) is 6.42 Å². The van der Waals surface area contributed by atoms with Gasteiger partial charge in [-0.3, -0.25) is 0 Å². The molecule has 0 bridgehead atoms. The second-order valence-corrected chi connectivity index (χ2v) is 6.18. The molecule has 2 aromatic carbocycles. The third-order valence-corrected chi connectivity index (χ3v) is 4.42. The van der Waals surface area contributed by atoms with Gasteiger partial charge in [0.2, 0.25) is 0 Å². The number of aliphatic hydroxyl groups is 2. The summed E-state index contributed by atoms with van der Waals surface area (Å²) in [6.45, 7) is 0.185. The highest BCUT2D eigenvalue weighted by Gasteiger charge is 2.20. The van der Waals surface area contributed by atoms with Crippen molar-refractivity contribution in [1.29, 1.82) is 0 Å². The van der Waals surface area contributed by atoms with E-state index >= 15 is 0 Å². The SMILES string of the molecule is OCCCC(c1ccccc1)C(O)CCCCc1ccccc1. The molecule has 0 spiro atoms. The smallest absolute Gasteiger partial charge is 0.0608 e. The highest BCUT2D eigenvalue weighted by molar-refractivity contribution is 5.20. The van der Waals surface area contributed by atoms with Gasteiger partial charge in [-0.2, -0.15) is 0 Å². The van der Waals surface area contributed by atoms with Crippen molar-refractivity contribution in [1.82, 2.24) is 0 Å². The molecule has 0 heterocycles. The molecule has 0 aliphatic rings. The topological polar surface area (TPSA) is 40.5 Å². The molecule has 2 nitrogen and oxygen atoms in total. The highest BCUT2D eigenvalue weighted by atomic mass is 16.3. The molecule has 2 atom stereocenters. The summed E-state index contributed by atoms with van der Waals surface area (Å²) in [6.07, 6.45) is 5.25. The summed E-state index contributed by atoms with van der Waals surface area (Å²) in [4.78, 5) is 0. The summed E-state index contributed by atoms with van der Waals surface area (Å²) in [5, 5.41) is 19.7. The Kier molecular flexibility index (Phi) is 7.85. The van der Waals surface area contributed by atoms with Gasteiger partial charge in [-0.05, 0) is 43.2 Å². The lowest BCUT2D eigenvalue weighted by Gasteiger charge is -2.23. The Morgan fingerprint density at radius 2 is 1.39 bits per heavy atom. The fourth-order valence-electron chi connectivity index (χ4n) is 3.12. The van der Waals surface area contributed by atoms with E-state index in [1.54, 1.807) is 0 Å². The van der Waals surface area contributed by atoms with Crippen LogP contribution in [0.25, 0.3) is 0 Å². The molecule has 0 saturated carbocycles. The Labute approximate surface area is 139 Å². The first-order valence-electron chi connectivity index (χ1n) is 8.69. The maximum atomic E-state index is 10.6. The van der Waals surface area contributed by atoms with Gasteiger partial charge in [0.05, 0.1) is 6.10 Å². The van der Waals surface area contributed by atoms with Gasteiger partial charge in [0, 0.05) is 12.5 Å². The zero-order chi connectivity index (χ0) is 16.3. The number of aliphatic hydroxyl groups excluding tert-OH is 2. The van der Waals surface area contributed by atoms with Crippen LogP contribution in [0, 0.1) is 0 Å². The van der Waals surface area contributed by atoms with Crippen molar-refractivity contribution in [3.05, 3.63) is 71.8 Å². The lowest BCUT2D eigenvalue weighted by atomic mass is 9.86. The minimum absolute atomic E-state index is 0.125. The summed E-state index contributed by atoms with van der Waals surface area (Å²) >= 11 is 0. The molecule has 0 amide bonds. The maximum absolute atomic E-state index is 10.6. The van der Waals surface area contributed by atoms with Crippen LogP contribution in [0.2, 0.25) is 0 Å². The minimum Gasteiger partial charge on any atom is -0.396 e. The zero-order valence-electron chi connectivity index (χ0n) is 13.8. The molecule has 2 heteroatoms. The van der Waals surface area contributed by atoms with E-state index in [0.717, 1.165) is 38.5 Å². The Hall–Kier alpha value is -1.64. The van der Waals surface area contributed by atoms with Crippen molar-refractivity contribution >= 4 is 0 Å². The third-order valence-electron chi connectivity index (χ3n) is 4.42. The highest BCUT2D eigenvalue weighted by Crippen LogP contribution is 2.27. The van der Waals surface area contributed by atoms with E-state index < -0.39 is 0 Å². The number of hydrogen-bond acceptors (Lipinski definition) is 2. The monoisotopic (exact) mass is 312 g/mol. The Morgan fingerprint density at radius 1 is 0.739 bits per heavy atom. The Balaban J connectivity index is 1.81. The zero-order valence-corrected chi connectivity index (χ0v) is 13.8. The van der Waals surface area contributed by atoms with Crippen LogP contribution in [0.3, 0.4) is 0 Å². The molecular formula is C21H28O2. The molecule has 124 valence electrons. The Bertz CT molecular complexity index is 524. The second kappa shape index (κ2) is 10.2. The van der Waals surface area contributed by atoms with Crippen LogP contribution < -0.4 is 0 Å². The standard InChI is InChI=1S/C21H28O2/c22-17-9-15-20(19-13-5-2-6-14-19)21(23)16-8-7-12-18-10-3-1-4-11-18/h1-6,10-11,13-14,20-23H,7-9,12,15-17H2. The van der Waals surface area contributed by atoms with Crippen molar-refractivity contribution in [3.8, 4) is 0 Å². The average Bonchev–Trinajstić information content (AvgIpc) is 2.61. The molecule has 0 aliphatic heterocycles. The first-order chi connectivity index (χ1) is 11.3. The van der Waals surface area contributed by atoms with Gasteiger partial charge in [-0.15, -0.1) is 0 Å². The maximum Gasteiger partial charge on any atom is 0.0608 e. The number of aryl methyl sites for hydroxylation is 1. The molecule has 2 rings (SSSR count). The van der Waals surface area contributed by atoms with Crippen molar-refractivity contribution in [2.45, 2.75) is 50.5 Å². The Morgan fingerprint density at radius 3 is 2.04 bits per heavy atom. The molecule has 0 saturated heterocycles. The van der Waals surface area contributed by atoms with Crippen LogP contribution in [0.4, 0.5) is 0 Å². The van der Waals surface area contributed by atoms with Gasteiger partial charge in [-0.25, -0.2) is 0 Å². The number of rotatable bonds is 10. The van der Waals surface area contributed by atoms with E-state index in [1.165, 1.54) is 11.1 Å². The average molecular weight is 312 g/mol. The molecular weight excluding hydrogens is 284 g/mol. The van der Waals surface area contributed by atoms with Crippen molar-refractivity contribution in [3.63, 3.8) is 0 Å². The molecule has 2 N–H and O–H groups in total. The van der Waals surface area contributed by atoms with Crippen LogP contribution in [0.5, 0.6) is 0 Å². The van der Waals surface area contributed by atoms with E-state index in [1.807, 2.05) is 24.3 Å². The van der Waals surface area contributed by atoms with Gasteiger partial charge in [0.15, 0.2) is 0 Å². The van der Waals surface area contributed by atoms with E-state index in [2.05, 4.69) is 36.4 Å². The molecule has 23 heavy (non-hydrogen) atoms. The van der Waals surface area contributed by atoms with E-state index in [4.69, 9.17) is 5.11 Å². The second-order valence-electron chi connectivity index (χ2n) is 6.18. The first kappa shape index (κ1) is 17.7. The number of unbranched alkanes of at least 4 members (excludes halogenated alkanes) is 1. The largest absolute Gasteiger partial charge is 0.396 e. The molecule has 0 radical (unpaired) electrons. The van der Waals surface area contributed by atoms with Gasteiger partial charge >= 0.3 is 0 Å². The van der Waals surface area contributed by atoms with Crippen molar-refractivity contribution < 1.29 is 10.2 Å². The van der Waals surface area contributed by atoms with Gasteiger partial charge in [0.1, 0.15) is 0 Å². The molecule has 0 aliphatic carbocycles. The minimum atomic E-state index is -0.334. The van der Waals surface area contributed by atoms with E-state index in [-0.39, 0.29) is 18.6 Å². The lowest BCUT2D eigenvalue weighted by molar-refractivity contribution is 0.121. The van der Waals surface area contributed by atoms with Crippen LogP contribution in [0.1, 0.15) is 49.1 Å². The summed E-state index contributed by atoms with van der Waals surface area (Å²) in [7, 11) is 0. The molecule has 2 aromatic rings. The fraction of sp³-hybridized carbons (Fsp3) is 0.429. The fourth-order valence-corrected chi connectivity index (χ4v) is 3.12. The predicted molar refractivity (Wildman–Crippen MR) is 95.5 cm³/mol. The number of benzene rings is 2. The van der Waals surface area contributed by atoms with Gasteiger partial charge in [-0.1, -0.05) is 67.1 Å². The summed E-state index contributed by atoms with van der Waals surface area (Å²) < 4.78 is 0. The van der Waals surface area contributed by atoms with Crippen molar-refractivity contribution in [2.24, 2.45) is 0 Å². The van der Waals surface area contributed by atoms with E-state index in [0.29, 0.717) is 0 Å². The van der Waals surface area contributed by atoms with Crippen molar-refractivity contribution in [2.75, 3.05) is 6.61 Å². The molecule has 0 fully saturated rings. The van der Waals surface area contributed by atoms with Gasteiger partial charge < -0.3 is 10.2 Å². The summed E-state index contributed by atoms with van der Waals surface area (Å²) in [5.41, 5.74) is 2.54. The quantitative estimate of drug-likeness (QED) is 0.642. The van der Waals surface area contributed by atoms with Gasteiger partial charge in [0.25, 0.3) is 0 Å². The summed E-state index contributed by atoms with van der Waals surface area (Å²) in [5.74, 6) is 0.125. The van der Waals surface area contributed by atoms with Crippen LogP contribution in [-0.4, -0.2) is 22.9 Å². The first-order valence-corrected chi connectivity index (χ1v) is 8.69. The lowest BCUT2D eigenvalue weighted by Crippen LogP contribution is -2.19. The summed E-state index contributed by atoms with van der Waals surface area (Å²) in [6, 6.07) is 20.7. The molecule has 0 aromatic heterocycles. The number of hydrogen-bond donors (Lipinski definition) is 2. The van der Waals surface area contributed by atoms with E-state index in [9.17, 15) is 5.11 Å². The predicted octanol–water partition coefficient (Wildman–Crippen LogP) is 4.32. The van der Waals surface area contributed by atoms with Crippen LogP contribution >= 0.6 is 0 Å². The van der Waals surface area contributed by atoms with Crippen LogP contribution in [0.15, 0.2) is 60.7 Å².